The van der Waals surface area contributed by atoms with Gasteiger partial charge in [-0.2, -0.15) is 0 Å². The minimum absolute atomic E-state index is 0.0322. The van der Waals surface area contributed by atoms with Gasteiger partial charge in [-0.05, 0) is 31.1 Å². The van der Waals surface area contributed by atoms with Crippen LogP contribution in [0, 0.1) is 11.8 Å². The third-order valence-corrected chi connectivity index (χ3v) is 3.70. The summed E-state index contributed by atoms with van der Waals surface area (Å²) in [4.78, 5) is 11.3. The van der Waals surface area contributed by atoms with Crippen LogP contribution in [0.4, 0.5) is 0 Å². The van der Waals surface area contributed by atoms with E-state index in [0.29, 0.717) is 18.3 Å². The Bertz CT molecular complexity index is 201. The van der Waals surface area contributed by atoms with Crippen molar-refractivity contribution in [2.45, 2.75) is 65.4 Å². The summed E-state index contributed by atoms with van der Waals surface area (Å²) in [6.45, 7) is 6.37. The van der Waals surface area contributed by atoms with Gasteiger partial charge in [0.05, 0.1) is 0 Å². The Balaban J connectivity index is 2.53. The molecule has 0 bridgehead atoms. The van der Waals surface area contributed by atoms with Gasteiger partial charge in [-0.15, -0.1) is 0 Å². The molecule has 0 amide bonds. The molecule has 3 atom stereocenters. The molecule has 1 fully saturated rings. The summed E-state index contributed by atoms with van der Waals surface area (Å²) in [6.07, 6.45) is 6.71. The van der Waals surface area contributed by atoms with Gasteiger partial charge in [0.15, 0.2) is 0 Å². The molecular weight excluding hydrogens is 188 g/mol. The van der Waals surface area contributed by atoms with Gasteiger partial charge in [0, 0.05) is 6.42 Å². The second-order valence-electron chi connectivity index (χ2n) is 4.72. The molecule has 0 heterocycles. The van der Waals surface area contributed by atoms with Crippen molar-refractivity contribution in [3.05, 3.63) is 0 Å². The first-order valence-corrected chi connectivity index (χ1v) is 6.38. The molecule has 0 unspecified atom stereocenters. The van der Waals surface area contributed by atoms with Crippen molar-refractivity contribution in [3.63, 3.8) is 0 Å². The minimum Gasteiger partial charge on any atom is -0.462 e. The van der Waals surface area contributed by atoms with E-state index in [9.17, 15) is 4.79 Å². The summed E-state index contributed by atoms with van der Waals surface area (Å²) in [7, 11) is 0. The van der Waals surface area contributed by atoms with Gasteiger partial charge in [0.1, 0.15) is 6.10 Å². The van der Waals surface area contributed by atoms with Crippen LogP contribution in [-0.4, -0.2) is 12.1 Å². The van der Waals surface area contributed by atoms with E-state index in [0.717, 1.165) is 6.42 Å². The van der Waals surface area contributed by atoms with E-state index in [1.54, 1.807) is 0 Å². The number of hydrogen-bond donors (Lipinski definition) is 0. The molecule has 15 heavy (non-hydrogen) atoms. The van der Waals surface area contributed by atoms with Crippen molar-refractivity contribution < 1.29 is 9.53 Å². The summed E-state index contributed by atoms with van der Waals surface area (Å²) in [6, 6.07) is 0. The summed E-state index contributed by atoms with van der Waals surface area (Å²) < 4.78 is 5.54. The maximum Gasteiger partial charge on any atom is 0.305 e. The zero-order valence-electron chi connectivity index (χ0n) is 10.3. The topological polar surface area (TPSA) is 26.3 Å². The van der Waals surface area contributed by atoms with Gasteiger partial charge in [-0.1, -0.05) is 33.6 Å². The Morgan fingerprint density at radius 2 is 2.00 bits per heavy atom. The number of carbonyl (C=O) groups excluding carboxylic acids is 1. The molecule has 0 N–H and O–H groups in total. The number of rotatable bonds is 4. The van der Waals surface area contributed by atoms with Crippen LogP contribution in [0.25, 0.3) is 0 Å². The molecule has 0 aliphatic heterocycles. The SMILES string of the molecule is CCC(=O)O[C@H]1CCCC[C@H]1[C@H](C)CC. The van der Waals surface area contributed by atoms with Crippen LogP contribution >= 0.6 is 0 Å². The molecule has 0 saturated heterocycles. The highest BCUT2D eigenvalue weighted by molar-refractivity contribution is 5.69. The largest absolute Gasteiger partial charge is 0.462 e. The van der Waals surface area contributed by atoms with Gasteiger partial charge in [-0.3, -0.25) is 4.79 Å². The number of hydrogen-bond acceptors (Lipinski definition) is 2. The van der Waals surface area contributed by atoms with Crippen molar-refractivity contribution in [3.8, 4) is 0 Å². The summed E-state index contributed by atoms with van der Waals surface area (Å²) in [5, 5.41) is 0. The number of esters is 1. The Kier molecular flexibility index (Phi) is 5.13. The van der Waals surface area contributed by atoms with Crippen LogP contribution in [0.3, 0.4) is 0 Å². The van der Waals surface area contributed by atoms with Crippen molar-refractivity contribution in [2.24, 2.45) is 11.8 Å². The molecule has 1 rings (SSSR count). The average Bonchev–Trinajstić information content (AvgIpc) is 2.28. The summed E-state index contributed by atoms with van der Waals surface area (Å²) >= 11 is 0. The van der Waals surface area contributed by atoms with E-state index >= 15 is 0 Å². The lowest BCUT2D eigenvalue weighted by molar-refractivity contribution is -0.154. The van der Waals surface area contributed by atoms with Crippen LogP contribution < -0.4 is 0 Å². The fourth-order valence-corrected chi connectivity index (χ4v) is 2.48. The van der Waals surface area contributed by atoms with Crippen LogP contribution in [0.5, 0.6) is 0 Å². The molecule has 88 valence electrons. The van der Waals surface area contributed by atoms with Gasteiger partial charge < -0.3 is 4.74 Å². The lowest BCUT2D eigenvalue weighted by Crippen LogP contribution is -2.33. The standard InChI is InChI=1S/C13H24O2/c1-4-10(3)11-8-6-7-9-12(11)15-13(14)5-2/h10-12H,4-9H2,1-3H3/t10-,11+,12+/m1/s1. The van der Waals surface area contributed by atoms with Crippen LogP contribution in [0.15, 0.2) is 0 Å². The van der Waals surface area contributed by atoms with E-state index < -0.39 is 0 Å². The summed E-state index contributed by atoms with van der Waals surface area (Å²) in [5.74, 6) is 1.24. The third kappa shape index (κ3) is 3.51. The van der Waals surface area contributed by atoms with Gasteiger partial charge in [0.25, 0.3) is 0 Å². The second-order valence-corrected chi connectivity index (χ2v) is 4.72. The molecule has 1 aliphatic carbocycles. The van der Waals surface area contributed by atoms with Crippen LogP contribution in [-0.2, 0) is 9.53 Å². The van der Waals surface area contributed by atoms with E-state index in [2.05, 4.69) is 13.8 Å². The normalized spacial score (nSPS) is 28.5. The molecule has 0 aromatic heterocycles. The van der Waals surface area contributed by atoms with Crippen molar-refractivity contribution in [1.82, 2.24) is 0 Å². The van der Waals surface area contributed by atoms with Crippen LogP contribution in [0.1, 0.15) is 59.3 Å². The van der Waals surface area contributed by atoms with Crippen molar-refractivity contribution >= 4 is 5.97 Å². The number of ether oxygens (including phenoxy) is 1. The molecule has 1 saturated carbocycles. The van der Waals surface area contributed by atoms with E-state index in [1.807, 2.05) is 6.92 Å². The first-order valence-electron chi connectivity index (χ1n) is 6.38. The maximum atomic E-state index is 11.3. The molecule has 0 aromatic rings. The minimum atomic E-state index is -0.0322. The van der Waals surface area contributed by atoms with Gasteiger partial charge in [0.2, 0.25) is 0 Å². The lowest BCUT2D eigenvalue weighted by atomic mass is 9.77. The van der Waals surface area contributed by atoms with E-state index in [1.165, 1.54) is 25.7 Å². The molecule has 0 aromatic carbocycles. The second kappa shape index (κ2) is 6.14. The predicted octanol–water partition coefficient (Wildman–Crippen LogP) is 3.54. The Morgan fingerprint density at radius 3 is 2.60 bits per heavy atom. The Morgan fingerprint density at radius 1 is 1.33 bits per heavy atom. The quantitative estimate of drug-likeness (QED) is 0.666. The monoisotopic (exact) mass is 212 g/mol. The highest BCUT2D eigenvalue weighted by Gasteiger charge is 2.31. The van der Waals surface area contributed by atoms with Crippen molar-refractivity contribution in [1.29, 1.82) is 0 Å². The fraction of sp³-hybridized carbons (Fsp3) is 0.923. The molecule has 0 spiro atoms. The predicted molar refractivity (Wildman–Crippen MR) is 61.6 cm³/mol. The number of carbonyl (C=O) groups is 1. The molecule has 0 radical (unpaired) electrons. The highest BCUT2D eigenvalue weighted by Crippen LogP contribution is 2.33. The molecule has 1 aliphatic rings. The zero-order chi connectivity index (χ0) is 11.3. The first-order chi connectivity index (χ1) is 7.19. The van der Waals surface area contributed by atoms with Gasteiger partial charge in [-0.25, -0.2) is 0 Å². The highest BCUT2D eigenvalue weighted by atomic mass is 16.5. The third-order valence-electron chi connectivity index (χ3n) is 3.70. The fourth-order valence-electron chi connectivity index (χ4n) is 2.48. The average molecular weight is 212 g/mol. The zero-order valence-corrected chi connectivity index (χ0v) is 10.3. The Hall–Kier alpha value is -0.530. The molecular formula is C13H24O2. The van der Waals surface area contributed by atoms with Crippen LogP contribution in [0.2, 0.25) is 0 Å². The lowest BCUT2D eigenvalue weighted by Gasteiger charge is -2.34. The smallest absolute Gasteiger partial charge is 0.305 e. The molecule has 2 heteroatoms. The first kappa shape index (κ1) is 12.5. The van der Waals surface area contributed by atoms with Gasteiger partial charge >= 0.3 is 5.97 Å². The van der Waals surface area contributed by atoms with E-state index in [4.69, 9.17) is 4.74 Å². The Labute approximate surface area is 93.4 Å². The summed E-state index contributed by atoms with van der Waals surface area (Å²) in [5.41, 5.74) is 0. The van der Waals surface area contributed by atoms with E-state index in [-0.39, 0.29) is 12.1 Å². The molecule has 2 nitrogen and oxygen atoms in total. The van der Waals surface area contributed by atoms with Crippen molar-refractivity contribution in [2.75, 3.05) is 0 Å². The maximum absolute atomic E-state index is 11.3.